The maximum Gasteiger partial charge on any atom is 0.327 e. The van der Waals surface area contributed by atoms with Crippen LogP contribution in [0.1, 0.15) is 34.2 Å². The molecule has 4 rings (SSSR count). The first-order valence-corrected chi connectivity index (χ1v) is 8.55. The fourth-order valence-corrected chi connectivity index (χ4v) is 3.24. The number of nitrogens with two attached hydrogens (primary N) is 1. The Morgan fingerprint density at radius 2 is 2.12 bits per heavy atom. The lowest BCUT2D eigenvalue weighted by atomic mass is 10.1. The van der Waals surface area contributed by atoms with E-state index < -0.39 is 5.91 Å². The first-order valence-electron chi connectivity index (χ1n) is 8.55. The predicted octanol–water partition coefficient (Wildman–Crippen LogP) is 0.965. The number of carbonyl (C=O) groups excluding carboxylic acids is 1. The summed E-state index contributed by atoms with van der Waals surface area (Å²) in [6.07, 6.45) is 1.45. The number of nitrogens with zero attached hydrogens (tertiary/aromatic N) is 3. The molecule has 0 spiro atoms. The number of aromatic nitrogens is 4. The van der Waals surface area contributed by atoms with Gasteiger partial charge in [-0.3, -0.25) is 9.36 Å². The number of rotatable bonds is 5. The molecule has 1 amide bonds. The molecule has 0 saturated carbocycles. The molecule has 0 unspecified atom stereocenters. The van der Waals surface area contributed by atoms with Crippen LogP contribution in [0.5, 0.6) is 0 Å². The van der Waals surface area contributed by atoms with Crippen LogP contribution in [0.3, 0.4) is 0 Å². The molecular formula is C18H19N5O3. The van der Waals surface area contributed by atoms with E-state index in [4.69, 9.17) is 10.5 Å². The number of hydrogen-bond donors (Lipinski definition) is 2. The lowest BCUT2D eigenvalue weighted by molar-refractivity contribution is 0.0996. The molecule has 8 nitrogen and oxygen atoms in total. The van der Waals surface area contributed by atoms with Gasteiger partial charge < -0.3 is 15.5 Å². The maximum atomic E-state index is 12.4. The maximum absolute atomic E-state index is 12.4. The molecular weight excluding hydrogens is 334 g/mol. The molecule has 1 atom stereocenters. The van der Waals surface area contributed by atoms with E-state index in [0.717, 1.165) is 12.0 Å². The van der Waals surface area contributed by atoms with E-state index in [1.54, 1.807) is 0 Å². The van der Waals surface area contributed by atoms with Crippen LogP contribution in [0.25, 0.3) is 11.2 Å². The molecule has 0 bridgehead atoms. The van der Waals surface area contributed by atoms with Crippen LogP contribution in [0.2, 0.25) is 0 Å². The van der Waals surface area contributed by atoms with Crippen molar-refractivity contribution in [2.45, 2.75) is 25.3 Å². The Morgan fingerprint density at radius 1 is 1.31 bits per heavy atom. The Labute approximate surface area is 149 Å². The predicted molar refractivity (Wildman–Crippen MR) is 95.0 cm³/mol. The van der Waals surface area contributed by atoms with E-state index in [2.05, 4.69) is 15.0 Å². The van der Waals surface area contributed by atoms with Gasteiger partial charge in [0.1, 0.15) is 11.3 Å². The highest BCUT2D eigenvalue weighted by molar-refractivity contribution is 6.01. The molecule has 3 aromatic rings. The summed E-state index contributed by atoms with van der Waals surface area (Å²) in [6, 6.07) is 9.87. The number of imidazole rings is 1. The highest BCUT2D eigenvalue weighted by Gasteiger charge is 2.25. The number of ether oxygens (including phenoxy) is 1. The number of aryl methyl sites for hydroxylation is 2. The van der Waals surface area contributed by atoms with Crippen molar-refractivity contribution >= 4 is 17.1 Å². The van der Waals surface area contributed by atoms with Gasteiger partial charge in [0.25, 0.3) is 5.91 Å². The summed E-state index contributed by atoms with van der Waals surface area (Å²) in [5.74, 6) is -0.185. The molecule has 1 fully saturated rings. The number of nitrogens with one attached hydrogen (secondary N) is 1. The topological polar surface area (TPSA) is 116 Å². The smallest absolute Gasteiger partial charge is 0.327 e. The van der Waals surface area contributed by atoms with E-state index in [1.165, 1.54) is 4.57 Å². The van der Waals surface area contributed by atoms with Gasteiger partial charge in [-0.1, -0.05) is 30.3 Å². The SMILES string of the molecule is NC(=O)c1nc([C@H]2CCOC2)nc2c1[nH]c(=O)n2CCc1ccccc1. The van der Waals surface area contributed by atoms with Crippen LogP contribution in [-0.2, 0) is 17.7 Å². The monoisotopic (exact) mass is 353 g/mol. The van der Waals surface area contributed by atoms with Crippen molar-refractivity contribution in [2.75, 3.05) is 13.2 Å². The zero-order chi connectivity index (χ0) is 18.1. The van der Waals surface area contributed by atoms with Crippen LogP contribution in [0, 0.1) is 0 Å². The summed E-state index contributed by atoms with van der Waals surface area (Å²) >= 11 is 0. The molecule has 1 aliphatic heterocycles. The van der Waals surface area contributed by atoms with Crippen molar-refractivity contribution in [1.82, 2.24) is 19.5 Å². The third-order valence-electron chi connectivity index (χ3n) is 4.64. The molecule has 0 aliphatic carbocycles. The Morgan fingerprint density at radius 3 is 2.81 bits per heavy atom. The number of H-pyrrole nitrogens is 1. The largest absolute Gasteiger partial charge is 0.381 e. The van der Waals surface area contributed by atoms with Crippen LogP contribution in [-0.4, -0.2) is 38.6 Å². The number of carbonyl (C=O) groups is 1. The zero-order valence-electron chi connectivity index (χ0n) is 14.1. The van der Waals surface area contributed by atoms with Crippen molar-refractivity contribution < 1.29 is 9.53 Å². The van der Waals surface area contributed by atoms with Gasteiger partial charge >= 0.3 is 5.69 Å². The normalized spacial score (nSPS) is 17.0. The summed E-state index contributed by atoms with van der Waals surface area (Å²) in [7, 11) is 0. The van der Waals surface area contributed by atoms with Gasteiger partial charge in [0.05, 0.1) is 6.61 Å². The number of hydrogen-bond acceptors (Lipinski definition) is 5. The Balaban J connectivity index is 1.78. The number of aromatic amines is 1. The molecule has 2 aromatic heterocycles. The second-order valence-electron chi connectivity index (χ2n) is 6.37. The second-order valence-corrected chi connectivity index (χ2v) is 6.37. The van der Waals surface area contributed by atoms with E-state index >= 15 is 0 Å². The molecule has 3 heterocycles. The highest BCUT2D eigenvalue weighted by Crippen LogP contribution is 2.24. The molecule has 1 saturated heterocycles. The minimum Gasteiger partial charge on any atom is -0.381 e. The molecule has 1 aromatic carbocycles. The van der Waals surface area contributed by atoms with E-state index in [0.29, 0.717) is 43.2 Å². The number of amides is 1. The van der Waals surface area contributed by atoms with Crippen molar-refractivity contribution in [3.63, 3.8) is 0 Å². The molecule has 134 valence electrons. The Kier molecular flexibility index (Phi) is 4.26. The van der Waals surface area contributed by atoms with Gasteiger partial charge in [-0.15, -0.1) is 0 Å². The van der Waals surface area contributed by atoms with Crippen LogP contribution >= 0.6 is 0 Å². The summed E-state index contributed by atoms with van der Waals surface area (Å²) in [5, 5.41) is 0. The molecule has 3 N–H and O–H groups in total. The van der Waals surface area contributed by atoms with Crippen molar-refractivity contribution in [3.05, 3.63) is 57.9 Å². The number of fused-ring (bicyclic) bond motifs is 1. The van der Waals surface area contributed by atoms with Gasteiger partial charge in [0.15, 0.2) is 11.3 Å². The van der Waals surface area contributed by atoms with E-state index in [-0.39, 0.29) is 17.3 Å². The average molecular weight is 353 g/mol. The van der Waals surface area contributed by atoms with Crippen LogP contribution in [0.4, 0.5) is 0 Å². The zero-order valence-corrected chi connectivity index (χ0v) is 14.1. The third kappa shape index (κ3) is 2.99. The first-order chi connectivity index (χ1) is 12.6. The molecule has 1 aliphatic rings. The third-order valence-corrected chi connectivity index (χ3v) is 4.64. The minimum absolute atomic E-state index is 0.00470. The highest BCUT2D eigenvalue weighted by atomic mass is 16.5. The van der Waals surface area contributed by atoms with Gasteiger partial charge in [0, 0.05) is 19.1 Å². The fraction of sp³-hybridized carbons (Fsp3) is 0.333. The van der Waals surface area contributed by atoms with Crippen molar-refractivity contribution in [3.8, 4) is 0 Å². The average Bonchev–Trinajstić information content (AvgIpc) is 3.27. The van der Waals surface area contributed by atoms with Crippen LogP contribution < -0.4 is 11.4 Å². The first kappa shape index (κ1) is 16.5. The van der Waals surface area contributed by atoms with Gasteiger partial charge in [-0.05, 0) is 18.4 Å². The minimum atomic E-state index is -0.686. The lowest BCUT2D eigenvalue weighted by Crippen LogP contribution is -2.19. The van der Waals surface area contributed by atoms with Gasteiger partial charge in [0.2, 0.25) is 0 Å². The summed E-state index contributed by atoms with van der Waals surface area (Å²) in [6.45, 7) is 1.58. The fourth-order valence-electron chi connectivity index (χ4n) is 3.24. The Bertz CT molecular complexity index is 1000. The van der Waals surface area contributed by atoms with Gasteiger partial charge in [-0.2, -0.15) is 0 Å². The summed E-state index contributed by atoms with van der Waals surface area (Å²) in [5.41, 5.74) is 7.02. The van der Waals surface area contributed by atoms with Crippen molar-refractivity contribution in [2.24, 2.45) is 5.73 Å². The molecule has 26 heavy (non-hydrogen) atoms. The summed E-state index contributed by atoms with van der Waals surface area (Å²) < 4.78 is 6.93. The van der Waals surface area contributed by atoms with Crippen LogP contribution in [0.15, 0.2) is 35.1 Å². The van der Waals surface area contributed by atoms with E-state index in [9.17, 15) is 9.59 Å². The lowest BCUT2D eigenvalue weighted by Gasteiger charge is -2.09. The van der Waals surface area contributed by atoms with Crippen molar-refractivity contribution in [1.29, 1.82) is 0 Å². The number of benzene rings is 1. The quantitative estimate of drug-likeness (QED) is 0.709. The van der Waals surface area contributed by atoms with Gasteiger partial charge in [-0.25, -0.2) is 14.8 Å². The van der Waals surface area contributed by atoms with E-state index in [1.807, 2.05) is 30.3 Å². The summed E-state index contributed by atoms with van der Waals surface area (Å²) in [4.78, 5) is 35.8. The number of primary amides is 1. The standard InChI is InChI=1S/C18H19N5O3/c19-15(24)13-14-17(22-16(20-13)12-7-9-26-10-12)23(18(25)21-14)8-6-11-4-2-1-3-5-11/h1-5,12H,6-10H2,(H2,19,24)(H,21,25)/t12-/m0/s1. The Hall–Kier alpha value is -3.00. The molecule has 0 radical (unpaired) electrons. The second kappa shape index (κ2) is 6.72. The molecule has 8 heteroatoms.